The fourth-order valence-corrected chi connectivity index (χ4v) is 3.70. The fraction of sp³-hybridized carbons (Fsp3) is 0.278. The van der Waals surface area contributed by atoms with Crippen LogP contribution in [-0.2, 0) is 16.1 Å². The second kappa shape index (κ2) is 6.98. The van der Waals surface area contributed by atoms with Crippen molar-refractivity contribution in [3.8, 4) is 0 Å². The number of hydrogen-bond acceptors (Lipinski definition) is 5. The van der Waals surface area contributed by atoms with Crippen LogP contribution in [0.5, 0.6) is 0 Å². The molecule has 0 fully saturated rings. The van der Waals surface area contributed by atoms with Crippen molar-refractivity contribution in [2.24, 2.45) is 0 Å². The van der Waals surface area contributed by atoms with Gasteiger partial charge in [-0.25, -0.2) is 9.78 Å². The van der Waals surface area contributed by atoms with Gasteiger partial charge in [0.05, 0.1) is 11.7 Å². The summed E-state index contributed by atoms with van der Waals surface area (Å²) in [5.41, 5.74) is 1.40. The van der Waals surface area contributed by atoms with Gasteiger partial charge in [0, 0.05) is 15.5 Å². The summed E-state index contributed by atoms with van der Waals surface area (Å²) in [7, 11) is 0. The van der Waals surface area contributed by atoms with E-state index in [1.807, 2.05) is 26.0 Å². The highest BCUT2D eigenvalue weighted by Crippen LogP contribution is 2.26. The van der Waals surface area contributed by atoms with Crippen molar-refractivity contribution in [2.75, 3.05) is 0 Å². The molecular weight excluding hydrogens is 360 g/mol. The monoisotopic (exact) mass is 376 g/mol. The molecule has 2 aromatic heterocycles. The molecule has 0 saturated heterocycles. The number of fused-ring (bicyclic) bond motifs is 1. The van der Waals surface area contributed by atoms with Gasteiger partial charge in [-0.05, 0) is 32.4 Å². The Bertz CT molecular complexity index is 1010. The van der Waals surface area contributed by atoms with Gasteiger partial charge in [-0.15, -0.1) is 11.3 Å². The Morgan fingerprint density at radius 1 is 1.36 bits per heavy atom. The molecule has 0 N–H and O–H groups in total. The normalized spacial score (nSPS) is 12.3. The van der Waals surface area contributed by atoms with Crippen LogP contribution in [0.3, 0.4) is 0 Å². The van der Waals surface area contributed by atoms with Crippen LogP contribution in [0.25, 0.3) is 10.2 Å². The zero-order chi connectivity index (χ0) is 18.1. The Kier molecular flexibility index (Phi) is 4.92. The van der Waals surface area contributed by atoms with Crippen molar-refractivity contribution >= 4 is 39.1 Å². The highest BCUT2D eigenvalue weighted by Gasteiger charge is 2.21. The lowest BCUT2D eigenvalue weighted by Gasteiger charge is -2.14. The summed E-state index contributed by atoms with van der Waals surface area (Å²) in [6, 6.07) is 6.38. The quantitative estimate of drug-likeness (QED) is 0.645. The molecule has 0 saturated carbocycles. The van der Waals surface area contributed by atoms with Gasteiger partial charge in [-0.3, -0.25) is 9.36 Å². The van der Waals surface area contributed by atoms with E-state index in [1.54, 1.807) is 19.1 Å². The van der Waals surface area contributed by atoms with Crippen molar-refractivity contribution < 1.29 is 9.53 Å². The van der Waals surface area contributed by atoms with Gasteiger partial charge in [0.1, 0.15) is 17.5 Å². The summed E-state index contributed by atoms with van der Waals surface area (Å²) in [6.07, 6.45) is 1.40. The number of rotatable bonds is 4. The van der Waals surface area contributed by atoms with E-state index in [-0.39, 0.29) is 12.2 Å². The van der Waals surface area contributed by atoms with E-state index < -0.39 is 12.0 Å². The number of esters is 1. The summed E-state index contributed by atoms with van der Waals surface area (Å²) in [5, 5.41) is 1.10. The van der Waals surface area contributed by atoms with Crippen molar-refractivity contribution in [3.63, 3.8) is 0 Å². The minimum atomic E-state index is -0.772. The number of thiophene rings is 1. The van der Waals surface area contributed by atoms with Crippen LogP contribution in [-0.4, -0.2) is 15.5 Å². The van der Waals surface area contributed by atoms with Crippen molar-refractivity contribution in [3.05, 3.63) is 62.0 Å². The molecule has 130 valence electrons. The number of aryl methyl sites for hydroxylation is 2. The summed E-state index contributed by atoms with van der Waals surface area (Å²) in [5.74, 6) is -0.507. The van der Waals surface area contributed by atoms with Crippen molar-refractivity contribution in [1.82, 2.24) is 9.55 Å². The molecule has 2 heterocycles. The number of ether oxygens (including phenoxy) is 1. The molecule has 0 aliphatic carbocycles. The first-order valence-corrected chi connectivity index (χ1v) is 8.96. The first kappa shape index (κ1) is 17.6. The summed E-state index contributed by atoms with van der Waals surface area (Å²) < 4.78 is 6.64. The predicted molar refractivity (Wildman–Crippen MR) is 99.3 cm³/mol. The zero-order valence-electron chi connectivity index (χ0n) is 14.1. The van der Waals surface area contributed by atoms with Crippen LogP contribution < -0.4 is 5.56 Å². The number of halogens is 1. The summed E-state index contributed by atoms with van der Waals surface area (Å²) in [4.78, 5) is 31.1. The average molecular weight is 377 g/mol. The molecule has 25 heavy (non-hydrogen) atoms. The first-order valence-electron chi connectivity index (χ1n) is 7.77. The smallest absolute Gasteiger partial charge is 0.329 e. The maximum absolute atomic E-state index is 12.7. The van der Waals surface area contributed by atoms with E-state index in [0.29, 0.717) is 15.2 Å². The van der Waals surface area contributed by atoms with E-state index in [9.17, 15) is 9.59 Å². The van der Waals surface area contributed by atoms with Gasteiger partial charge in [0.2, 0.25) is 0 Å². The number of aromatic nitrogens is 2. The van der Waals surface area contributed by atoms with Gasteiger partial charge < -0.3 is 4.74 Å². The highest BCUT2D eigenvalue weighted by atomic mass is 35.5. The van der Waals surface area contributed by atoms with Crippen LogP contribution in [0.4, 0.5) is 0 Å². The molecule has 0 bridgehead atoms. The molecule has 1 unspecified atom stereocenters. The minimum Gasteiger partial charge on any atom is -0.459 e. The van der Waals surface area contributed by atoms with Crippen LogP contribution in [0.2, 0.25) is 5.02 Å². The van der Waals surface area contributed by atoms with E-state index >= 15 is 0 Å². The van der Waals surface area contributed by atoms with Gasteiger partial charge >= 0.3 is 5.97 Å². The Morgan fingerprint density at radius 2 is 2.08 bits per heavy atom. The molecule has 0 aliphatic rings. The lowest BCUT2D eigenvalue weighted by Crippen LogP contribution is -2.29. The molecule has 0 radical (unpaired) electrons. The highest BCUT2D eigenvalue weighted by molar-refractivity contribution is 7.18. The number of benzene rings is 1. The van der Waals surface area contributed by atoms with Crippen LogP contribution in [0.1, 0.15) is 29.0 Å². The second-order valence-electron chi connectivity index (χ2n) is 5.80. The van der Waals surface area contributed by atoms with E-state index in [0.717, 1.165) is 16.0 Å². The fourth-order valence-electron chi connectivity index (χ4n) is 2.52. The van der Waals surface area contributed by atoms with Crippen LogP contribution in [0.15, 0.2) is 35.4 Å². The lowest BCUT2D eigenvalue weighted by atomic mass is 10.2. The van der Waals surface area contributed by atoms with Gasteiger partial charge in [0.25, 0.3) is 5.56 Å². The Morgan fingerprint density at radius 3 is 2.80 bits per heavy atom. The van der Waals surface area contributed by atoms with Crippen molar-refractivity contribution in [2.45, 2.75) is 33.4 Å². The Balaban J connectivity index is 1.84. The largest absolute Gasteiger partial charge is 0.459 e. The third kappa shape index (κ3) is 3.32. The summed E-state index contributed by atoms with van der Waals surface area (Å²) >= 11 is 7.53. The Labute approximate surface area is 153 Å². The SMILES string of the molecule is Cc1sc2ncn(C(C)C(=O)OCc3ccccc3Cl)c(=O)c2c1C. The molecular formula is C18H17ClN2O3S. The second-order valence-corrected chi connectivity index (χ2v) is 7.41. The number of hydrogen-bond donors (Lipinski definition) is 0. The molecule has 0 spiro atoms. The predicted octanol–water partition coefficient (Wildman–Crippen LogP) is 4.03. The number of carbonyl (C=O) groups excluding carboxylic acids is 1. The third-order valence-electron chi connectivity index (χ3n) is 4.20. The Hall–Kier alpha value is -2.18. The molecule has 3 aromatic rings. The van der Waals surface area contributed by atoms with Gasteiger partial charge in [0.15, 0.2) is 0 Å². The maximum atomic E-state index is 12.7. The van der Waals surface area contributed by atoms with E-state index in [1.165, 1.54) is 22.2 Å². The molecule has 5 nitrogen and oxygen atoms in total. The topological polar surface area (TPSA) is 61.2 Å². The first-order chi connectivity index (χ1) is 11.9. The number of nitrogens with zero attached hydrogens (tertiary/aromatic N) is 2. The summed E-state index contributed by atoms with van der Waals surface area (Å²) in [6.45, 7) is 5.52. The molecule has 0 amide bonds. The zero-order valence-corrected chi connectivity index (χ0v) is 15.6. The van der Waals surface area contributed by atoms with E-state index in [4.69, 9.17) is 16.3 Å². The molecule has 1 aromatic carbocycles. The molecule has 1 atom stereocenters. The van der Waals surface area contributed by atoms with E-state index in [2.05, 4.69) is 4.98 Å². The van der Waals surface area contributed by atoms with Crippen LogP contribution >= 0.6 is 22.9 Å². The molecule has 0 aliphatic heterocycles. The molecule has 3 rings (SSSR count). The third-order valence-corrected chi connectivity index (χ3v) is 5.68. The minimum absolute atomic E-state index is 0.0594. The molecule has 7 heteroatoms. The van der Waals surface area contributed by atoms with Crippen molar-refractivity contribution in [1.29, 1.82) is 0 Å². The maximum Gasteiger partial charge on any atom is 0.329 e. The number of carbonyl (C=O) groups is 1. The lowest BCUT2D eigenvalue weighted by molar-refractivity contribution is -0.148. The van der Waals surface area contributed by atoms with Crippen LogP contribution in [0, 0.1) is 13.8 Å². The standard InChI is InChI=1S/C18H17ClN2O3S/c1-10-12(3)25-16-15(10)17(22)21(9-20-16)11(2)18(23)24-8-13-6-4-5-7-14(13)19/h4-7,9,11H,8H2,1-3H3. The van der Waals surface area contributed by atoms with Gasteiger partial charge in [-0.1, -0.05) is 29.8 Å². The van der Waals surface area contributed by atoms with Gasteiger partial charge in [-0.2, -0.15) is 0 Å². The average Bonchev–Trinajstić information content (AvgIpc) is 2.89.